The molecule has 3 rings (SSSR count). The van der Waals surface area contributed by atoms with Crippen LogP contribution >= 0.6 is 0 Å². The van der Waals surface area contributed by atoms with Crippen LogP contribution in [0.1, 0.15) is 30.0 Å². The highest BCUT2D eigenvalue weighted by molar-refractivity contribution is 5.64. The Bertz CT molecular complexity index is 1260. The van der Waals surface area contributed by atoms with Gasteiger partial charge in [0.25, 0.3) is 0 Å². The average molecular weight is 468 g/mol. The Morgan fingerprint density at radius 3 is 2.42 bits per heavy atom. The lowest BCUT2D eigenvalue weighted by molar-refractivity contribution is -0.185. The smallest absolute Gasteiger partial charge is 0.429 e. The number of hydrogen-bond acceptors (Lipinski definition) is 1. The van der Waals surface area contributed by atoms with Crippen LogP contribution in [0.3, 0.4) is 0 Å². The molecule has 1 nitrogen and oxygen atoms in total. The van der Waals surface area contributed by atoms with Gasteiger partial charge in [-0.2, -0.15) is 22.0 Å². The van der Waals surface area contributed by atoms with Crippen LogP contribution in [0.25, 0.3) is 12.4 Å². The number of fused-ring (bicyclic) bond motifs is 1. The molecular weight excluding hydrogens is 449 g/mol. The molecule has 0 fully saturated rings. The predicted molar refractivity (Wildman–Crippen MR) is 111 cm³/mol. The largest absolute Gasteiger partial charge is 0.458 e. The van der Waals surface area contributed by atoms with Crippen molar-refractivity contribution in [2.45, 2.75) is 38.5 Å². The number of ether oxygens (including phenoxy) is 1. The summed E-state index contributed by atoms with van der Waals surface area (Å²) in [6, 6.07) is 5.57. The fourth-order valence-electron chi connectivity index (χ4n) is 3.62. The van der Waals surface area contributed by atoms with E-state index in [1.807, 2.05) is 0 Å². The zero-order valence-corrected chi connectivity index (χ0v) is 17.6. The van der Waals surface area contributed by atoms with Gasteiger partial charge < -0.3 is 4.74 Å². The van der Waals surface area contributed by atoms with E-state index in [2.05, 4.69) is 20.1 Å². The highest BCUT2D eigenvalue weighted by atomic mass is 19.4. The van der Waals surface area contributed by atoms with Crippen LogP contribution < -0.4 is 15.2 Å². The number of allylic oxidation sites excluding steroid dienone is 1. The Labute approximate surface area is 185 Å². The Morgan fingerprint density at radius 2 is 1.79 bits per heavy atom. The Balaban J connectivity index is 1.92. The third kappa shape index (κ3) is 5.78. The van der Waals surface area contributed by atoms with Gasteiger partial charge in [-0.25, -0.2) is 8.78 Å². The van der Waals surface area contributed by atoms with Gasteiger partial charge >= 0.3 is 12.3 Å². The summed E-state index contributed by atoms with van der Waals surface area (Å²) in [5, 5.41) is -1.26. The first kappa shape index (κ1) is 24.4. The molecule has 0 saturated heterocycles. The molecule has 8 heteroatoms. The van der Waals surface area contributed by atoms with Crippen LogP contribution in [0.15, 0.2) is 42.5 Å². The first-order valence-corrected chi connectivity index (χ1v) is 9.93. The molecule has 1 unspecified atom stereocenters. The van der Waals surface area contributed by atoms with Gasteiger partial charge in [0.05, 0.1) is 16.4 Å². The second kappa shape index (κ2) is 8.97. The molecule has 0 radical (unpaired) electrons. The van der Waals surface area contributed by atoms with Crippen molar-refractivity contribution in [1.82, 2.24) is 0 Å². The lowest BCUT2D eigenvalue weighted by atomic mass is 9.84. The van der Waals surface area contributed by atoms with Gasteiger partial charge in [0.1, 0.15) is 17.4 Å². The van der Waals surface area contributed by atoms with Crippen molar-refractivity contribution in [3.8, 4) is 17.6 Å². The second-order valence-corrected chi connectivity index (χ2v) is 7.93. The average Bonchev–Trinajstić information content (AvgIpc) is 2.70. The maximum atomic E-state index is 14.8. The summed E-state index contributed by atoms with van der Waals surface area (Å²) in [5.74, 6) is -0.746. The number of halogens is 7. The SMILES string of the molecule is C=C(C#CC(F)(F)F)/C(F)=c1/c(F)cc(OC(F)(F)c2ccc3c(c2)CCC(C)C3)cc1=C. The zero-order chi connectivity index (χ0) is 24.6. The summed E-state index contributed by atoms with van der Waals surface area (Å²) in [6.45, 7) is 8.52. The topological polar surface area (TPSA) is 9.23 Å². The lowest BCUT2D eigenvalue weighted by Gasteiger charge is -2.24. The minimum atomic E-state index is -4.90. The van der Waals surface area contributed by atoms with E-state index in [-0.39, 0.29) is 0 Å². The minimum absolute atomic E-state index is 0.417. The van der Waals surface area contributed by atoms with Gasteiger partial charge in [-0.3, -0.25) is 0 Å². The van der Waals surface area contributed by atoms with Crippen molar-refractivity contribution in [2.24, 2.45) is 5.92 Å². The normalized spacial score (nSPS) is 16.9. The standard InChI is InChI=1S/C25H19F7O/c1-14-4-5-18-12-19(7-6-17(18)10-14)25(31,32)33-20-11-16(3)22(21(26)13-20)23(27)15(2)8-9-24(28,29)30/h6-7,11-14H,2-5,10H2,1H3/b23-22-. The quantitative estimate of drug-likeness (QED) is 0.414. The van der Waals surface area contributed by atoms with E-state index in [4.69, 9.17) is 4.74 Å². The molecule has 174 valence electrons. The summed E-state index contributed by atoms with van der Waals surface area (Å²) >= 11 is 0. The fraction of sp³-hybridized carbons (Fsp3) is 0.280. The van der Waals surface area contributed by atoms with Crippen LogP contribution in [0.2, 0.25) is 0 Å². The van der Waals surface area contributed by atoms with Gasteiger partial charge in [0.15, 0.2) is 0 Å². The molecular formula is C25H19F7O. The zero-order valence-electron chi connectivity index (χ0n) is 17.6. The van der Waals surface area contributed by atoms with Crippen LogP contribution in [-0.4, -0.2) is 6.18 Å². The van der Waals surface area contributed by atoms with Gasteiger partial charge in [-0.05, 0) is 59.7 Å². The first-order chi connectivity index (χ1) is 15.3. The Hall–Kier alpha value is -3.21. The molecule has 1 aliphatic rings. The highest BCUT2D eigenvalue weighted by Gasteiger charge is 2.35. The maximum Gasteiger partial charge on any atom is 0.458 e. The fourth-order valence-corrected chi connectivity index (χ4v) is 3.62. The van der Waals surface area contributed by atoms with Gasteiger partial charge in [-0.1, -0.05) is 32.1 Å². The van der Waals surface area contributed by atoms with E-state index in [0.717, 1.165) is 36.0 Å². The molecule has 0 bridgehead atoms. The van der Waals surface area contributed by atoms with Gasteiger partial charge in [0, 0.05) is 12.0 Å². The monoisotopic (exact) mass is 468 g/mol. The van der Waals surface area contributed by atoms with Crippen molar-refractivity contribution >= 4 is 12.4 Å². The van der Waals surface area contributed by atoms with Crippen molar-refractivity contribution < 1.29 is 35.5 Å². The van der Waals surface area contributed by atoms with E-state index in [9.17, 15) is 30.7 Å². The summed E-state index contributed by atoms with van der Waals surface area (Å²) in [5.41, 5.74) is 0.435. The van der Waals surface area contributed by atoms with E-state index < -0.39 is 51.3 Å². The van der Waals surface area contributed by atoms with E-state index >= 15 is 0 Å². The third-order valence-corrected chi connectivity index (χ3v) is 5.25. The van der Waals surface area contributed by atoms with Crippen LogP contribution in [0.5, 0.6) is 5.75 Å². The number of aryl methyl sites for hydroxylation is 1. The van der Waals surface area contributed by atoms with Crippen LogP contribution in [0, 0.1) is 23.6 Å². The van der Waals surface area contributed by atoms with Gasteiger partial charge in [-0.15, -0.1) is 0 Å². The molecule has 0 amide bonds. The molecule has 0 aromatic heterocycles. The molecule has 2 aromatic carbocycles. The van der Waals surface area contributed by atoms with Crippen molar-refractivity contribution in [2.75, 3.05) is 0 Å². The van der Waals surface area contributed by atoms with Crippen molar-refractivity contribution in [1.29, 1.82) is 0 Å². The number of alkyl halides is 5. The van der Waals surface area contributed by atoms with E-state index in [1.54, 1.807) is 6.07 Å². The Morgan fingerprint density at radius 1 is 1.09 bits per heavy atom. The van der Waals surface area contributed by atoms with E-state index in [0.29, 0.717) is 18.4 Å². The van der Waals surface area contributed by atoms with Crippen LogP contribution in [0.4, 0.5) is 30.7 Å². The molecule has 0 aliphatic heterocycles. The van der Waals surface area contributed by atoms with E-state index in [1.165, 1.54) is 18.1 Å². The molecule has 0 heterocycles. The van der Waals surface area contributed by atoms with Crippen molar-refractivity contribution in [3.05, 3.63) is 75.4 Å². The molecule has 0 N–H and O–H groups in total. The third-order valence-electron chi connectivity index (χ3n) is 5.25. The lowest BCUT2D eigenvalue weighted by Crippen LogP contribution is -2.31. The summed E-state index contributed by atoms with van der Waals surface area (Å²) in [7, 11) is 0. The predicted octanol–water partition coefficient (Wildman–Crippen LogP) is 5.69. The molecule has 1 aliphatic carbocycles. The van der Waals surface area contributed by atoms with Crippen LogP contribution in [-0.2, 0) is 19.0 Å². The Kier molecular flexibility index (Phi) is 6.64. The molecule has 33 heavy (non-hydrogen) atoms. The number of hydrogen-bond donors (Lipinski definition) is 0. The van der Waals surface area contributed by atoms with Crippen molar-refractivity contribution in [3.63, 3.8) is 0 Å². The molecule has 2 aromatic rings. The molecule has 1 atom stereocenters. The summed E-state index contributed by atoms with van der Waals surface area (Å²) in [4.78, 5) is 0. The molecule has 0 saturated carbocycles. The summed E-state index contributed by atoms with van der Waals surface area (Å²) < 4.78 is 99.7. The van der Waals surface area contributed by atoms with Gasteiger partial charge in [0.2, 0.25) is 0 Å². The first-order valence-electron chi connectivity index (χ1n) is 9.93. The highest BCUT2D eigenvalue weighted by Crippen LogP contribution is 2.34. The number of rotatable bonds is 4. The molecule has 0 spiro atoms. The minimum Gasteiger partial charge on any atom is -0.429 e. The second-order valence-electron chi connectivity index (χ2n) is 7.93. The number of benzene rings is 2. The summed E-state index contributed by atoms with van der Waals surface area (Å²) in [6.07, 6.45) is -6.39. The maximum absolute atomic E-state index is 14.8.